The molecule has 1 aromatic carbocycles. The molecule has 0 aliphatic carbocycles. The first-order valence-corrected chi connectivity index (χ1v) is 12.1. The van der Waals surface area contributed by atoms with Crippen molar-refractivity contribution >= 4 is 17.2 Å². The molecular weight excluding hydrogens is 404 g/mol. The quantitative estimate of drug-likeness (QED) is 0.517. The first-order chi connectivity index (χ1) is 15.0. The number of aryl methyl sites for hydroxylation is 2. The number of thiophene rings is 1. The summed E-state index contributed by atoms with van der Waals surface area (Å²) < 4.78 is 1.80. The normalized spacial score (nSPS) is 17.1. The molecule has 31 heavy (non-hydrogen) atoms. The van der Waals surface area contributed by atoms with Gasteiger partial charge >= 0.3 is 0 Å². The Morgan fingerprint density at radius 2 is 2.10 bits per heavy atom. The lowest BCUT2D eigenvalue weighted by Gasteiger charge is -2.33. The SMILES string of the molecule is Cc1ccc(-n2nc(-c3cccs3)cc2C(=O)NCCCN2CCCCC2C)c(C)c1. The van der Waals surface area contributed by atoms with Gasteiger partial charge in [0.05, 0.1) is 10.6 Å². The largest absolute Gasteiger partial charge is 0.351 e. The number of hydrogen-bond donors (Lipinski definition) is 1. The standard InChI is InChI=1S/C25H32N4OS/c1-18-10-11-22(19(2)16-18)29-23(17-21(27-29)24-9-6-15-31-24)25(30)26-12-7-14-28-13-5-4-8-20(28)3/h6,9-11,15-17,20H,4-5,7-8,12-14H2,1-3H3,(H,26,30). The summed E-state index contributed by atoms with van der Waals surface area (Å²) in [6.45, 7) is 9.35. The molecule has 3 heterocycles. The van der Waals surface area contributed by atoms with Gasteiger partial charge in [0.15, 0.2) is 0 Å². The van der Waals surface area contributed by atoms with E-state index >= 15 is 0 Å². The molecule has 4 rings (SSSR count). The lowest BCUT2D eigenvalue weighted by atomic mass is 10.0. The molecule has 0 bridgehead atoms. The molecule has 1 saturated heterocycles. The lowest BCUT2D eigenvalue weighted by molar-refractivity contribution is 0.0941. The Labute approximate surface area is 189 Å². The number of nitrogens with zero attached hydrogens (tertiary/aromatic N) is 3. The third-order valence-corrected chi connectivity index (χ3v) is 7.04. The molecule has 1 amide bonds. The highest BCUT2D eigenvalue weighted by Crippen LogP contribution is 2.27. The molecule has 1 atom stereocenters. The summed E-state index contributed by atoms with van der Waals surface area (Å²) >= 11 is 1.64. The van der Waals surface area contributed by atoms with Crippen LogP contribution in [0.25, 0.3) is 16.3 Å². The second-order valence-corrected chi connectivity index (χ2v) is 9.53. The monoisotopic (exact) mass is 436 g/mol. The van der Waals surface area contributed by atoms with Crippen molar-refractivity contribution in [3.8, 4) is 16.3 Å². The number of likely N-dealkylation sites (tertiary alicyclic amines) is 1. The van der Waals surface area contributed by atoms with Gasteiger partial charge in [-0.1, -0.05) is 30.2 Å². The number of carbonyl (C=O) groups is 1. The fraction of sp³-hybridized carbons (Fsp3) is 0.440. The van der Waals surface area contributed by atoms with Gasteiger partial charge in [-0.05, 0) is 75.7 Å². The van der Waals surface area contributed by atoms with E-state index in [1.807, 2.05) is 29.6 Å². The van der Waals surface area contributed by atoms with Crippen LogP contribution >= 0.6 is 11.3 Å². The van der Waals surface area contributed by atoms with Gasteiger partial charge in [-0.2, -0.15) is 5.10 Å². The number of piperidine rings is 1. The molecule has 3 aromatic rings. The minimum absolute atomic E-state index is 0.0676. The van der Waals surface area contributed by atoms with Crippen molar-refractivity contribution in [3.05, 3.63) is 58.6 Å². The van der Waals surface area contributed by atoms with E-state index in [2.05, 4.69) is 43.1 Å². The third kappa shape index (κ3) is 5.08. The number of carbonyl (C=O) groups excluding carboxylic acids is 1. The van der Waals surface area contributed by atoms with Crippen LogP contribution in [0.1, 0.15) is 54.2 Å². The van der Waals surface area contributed by atoms with Crippen molar-refractivity contribution in [2.75, 3.05) is 19.6 Å². The molecule has 2 aromatic heterocycles. The van der Waals surface area contributed by atoms with E-state index in [9.17, 15) is 4.79 Å². The summed E-state index contributed by atoms with van der Waals surface area (Å²) in [5.41, 5.74) is 4.67. The average molecular weight is 437 g/mol. The zero-order chi connectivity index (χ0) is 21.8. The summed E-state index contributed by atoms with van der Waals surface area (Å²) in [5, 5.41) is 9.97. The Kier molecular flexibility index (Phi) is 6.88. The van der Waals surface area contributed by atoms with Gasteiger partial charge in [0, 0.05) is 19.1 Å². The van der Waals surface area contributed by atoms with Crippen LogP contribution in [0.15, 0.2) is 41.8 Å². The molecule has 1 N–H and O–H groups in total. The van der Waals surface area contributed by atoms with Crippen molar-refractivity contribution in [1.29, 1.82) is 0 Å². The topological polar surface area (TPSA) is 50.2 Å². The van der Waals surface area contributed by atoms with Crippen LogP contribution in [0.2, 0.25) is 0 Å². The molecule has 0 radical (unpaired) electrons. The first-order valence-electron chi connectivity index (χ1n) is 11.3. The number of rotatable bonds is 7. The van der Waals surface area contributed by atoms with Crippen LogP contribution in [-0.2, 0) is 0 Å². The van der Waals surface area contributed by atoms with Crippen molar-refractivity contribution in [3.63, 3.8) is 0 Å². The van der Waals surface area contributed by atoms with E-state index in [1.165, 1.54) is 31.4 Å². The molecule has 0 spiro atoms. The first kappa shape index (κ1) is 21.8. The number of aromatic nitrogens is 2. The average Bonchev–Trinajstić information content (AvgIpc) is 3.42. The van der Waals surface area contributed by atoms with Crippen LogP contribution in [-0.4, -0.2) is 46.3 Å². The highest BCUT2D eigenvalue weighted by Gasteiger charge is 2.20. The summed E-state index contributed by atoms with van der Waals surface area (Å²) in [6, 6.07) is 12.9. The Morgan fingerprint density at radius 3 is 2.84 bits per heavy atom. The van der Waals surface area contributed by atoms with Crippen LogP contribution in [0.4, 0.5) is 0 Å². The van der Waals surface area contributed by atoms with Gasteiger partial charge < -0.3 is 10.2 Å². The fourth-order valence-electron chi connectivity index (χ4n) is 4.38. The molecule has 164 valence electrons. The van der Waals surface area contributed by atoms with Gasteiger partial charge in [-0.25, -0.2) is 4.68 Å². The minimum Gasteiger partial charge on any atom is -0.351 e. The predicted octanol–water partition coefficient (Wildman–Crippen LogP) is 5.21. The third-order valence-electron chi connectivity index (χ3n) is 6.14. The highest BCUT2D eigenvalue weighted by atomic mass is 32.1. The van der Waals surface area contributed by atoms with Crippen molar-refractivity contribution < 1.29 is 4.79 Å². The maximum absolute atomic E-state index is 13.1. The Bertz CT molecular complexity index is 1020. The highest BCUT2D eigenvalue weighted by molar-refractivity contribution is 7.13. The second-order valence-electron chi connectivity index (χ2n) is 8.58. The van der Waals surface area contributed by atoms with Crippen molar-refractivity contribution in [1.82, 2.24) is 20.0 Å². The van der Waals surface area contributed by atoms with Gasteiger partial charge in [0.2, 0.25) is 0 Å². The predicted molar refractivity (Wildman–Crippen MR) is 128 cm³/mol. The van der Waals surface area contributed by atoms with Crippen molar-refractivity contribution in [2.45, 2.75) is 52.5 Å². The number of hydrogen-bond acceptors (Lipinski definition) is 4. The molecule has 6 heteroatoms. The number of nitrogens with one attached hydrogen (secondary N) is 1. The maximum atomic E-state index is 13.1. The zero-order valence-electron chi connectivity index (χ0n) is 18.7. The van der Waals surface area contributed by atoms with E-state index < -0.39 is 0 Å². The van der Waals surface area contributed by atoms with Crippen LogP contribution in [0, 0.1) is 13.8 Å². The molecule has 1 unspecified atom stereocenters. The van der Waals surface area contributed by atoms with Crippen molar-refractivity contribution in [2.24, 2.45) is 0 Å². The Hall–Kier alpha value is -2.44. The number of benzene rings is 1. The van der Waals surface area contributed by atoms with Crippen LogP contribution in [0.3, 0.4) is 0 Å². The molecule has 0 saturated carbocycles. The van der Waals surface area contributed by atoms with E-state index in [0.29, 0.717) is 18.3 Å². The van der Waals surface area contributed by atoms with Gasteiger partial charge in [-0.15, -0.1) is 11.3 Å². The molecular formula is C25H32N4OS. The van der Waals surface area contributed by atoms with E-state index in [0.717, 1.165) is 34.8 Å². The zero-order valence-corrected chi connectivity index (χ0v) is 19.5. The van der Waals surface area contributed by atoms with Gasteiger partial charge in [0.25, 0.3) is 5.91 Å². The molecule has 1 fully saturated rings. The summed E-state index contributed by atoms with van der Waals surface area (Å²) in [6.07, 6.45) is 4.87. The fourth-order valence-corrected chi connectivity index (χ4v) is 5.06. The van der Waals surface area contributed by atoms with Crippen LogP contribution < -0.4 is 5.32 Å². The van der Waals surface area contributed by atoms with E-state index in [-0.39, 0.29) is 5.91 Å². The summed E-state index contributed by atoms with van der Waals surface area (Å²) in [5.74, 6) is -0.0676. The smallest absolute Gasteiger partial charge is 0.270 e. The Balaban J connectivity index is 1.50. The van der Waals surface area contributed by atoms with Gasteiger partial charge in [0.1, 0.15) is 11.4 Å². The Morgan fingerprint density at radius 1 is 1.23 bits per heavy atom. The summed E-state index contributed by atoms with van der Waals surface area (Å²) in [7, 11) is 0. The van der Waals surface area contributed by atoms with E-state index in [1.54, 1.807) is 16.0 Å². The van der Waals surface area contributed by atoms with Gasteiger partial charge in [-0.3, -0.25) is 4.79 Å². The maximum Gasteiger partial charge on any atom is 0.270 e. The van der Waals surface area contributed by atoms with E-state index in [4.69, 9.17) is 5.10 Å². The summed E-state index contributed by atoms with van der Waals surface area (Å²) in [4.78, 5) is 16.7. The van der Waals surface area contributed by atoms with Crippen LogP contribution in [0.5, 0.6) is 0 Å². The number of amides is 1. The molecule has 5 nitrogen and oxygen atoms in total. The lowest BCUT2D eigenvalue weighted by Crippen LogP contribution is -2.39. The second kappa shape index (κ2) is 9.79. The molecule has 1 aliphatic rings. The molecule has 1 aliphatic heterocycles. The minimum atomic E-state index is -0.0676.